The maximum Gasteiger partial charge on any atom is 0.111 e. The first-order valence-electron chi connectivity index (χ1n) is 4.78. The van der Waals surface area contributed by atoms with Crippen LogP contribution < -0.4 is 5.73 Å². The molecule has 0 radical (unpaired) electrons. The van der Waals surface area contributed by atoms with Gasteiger partial charge in [0.2, 0.25) is 0 Å². The molecule has 1 aliphatic heterocycles. The van der Waals surface area contributed by atoms with E-state index in [9.17, 15) is 0 Å². The number of anilines is 1. The highest BCUT2D eigenvalue weighted by Crippen LogP contribution is 2.34. The van der Waals surface area contributed by atoms with Crippen molar-refractivity contribution in [3.63, 3.8) is 0 Å². The molecular formula is C10H13N3S. The molecule has 0 fully saturated rings. The molecule has 0 amide bonds. The van der Waals surface area contributed by atoms with E-state index in [1.54, 1.807) is 0 Å². The summed E-state index contributed by atoms with van der Waals surface area (Å²) in [6.07, 6.45) is 0.993. The van der Waals surface area contributed by atoms with Crippen LogP contribution in [0, 0.1) is 11.3 Å². The van der Waals surface area contributed by atoms with Gasteiger partial charge < -0.3 is 5.73 Å². The average molecular weight is 207 g/mol. The molecule has 3 nitrogen and oxygen atoms in total. The van der Waals surface area contributed by atoms with Crippen molar-refractivity contribution < 1.29 is 0 Å². The number of fused-ring (bicyclic) bond motifs is 1. The van der Waals surface area contributed by atoms with Gasteiger partial charge in [-0.15, -0.1) is 11.3 Å². The van der Waals surface area contributed by atoms with Crippen LogP contribution in [0.25, 0.3) is 0 Å². The number of nitrogens with two attached hydrogens (primary N) is 1. The van der Waals surface area contributed by atoms with Crippen LogP contribution in [0.4, 0.5) is 5.00 Å². The van der Waals surface area contributed by atoms with Gasteiger partial charge in [-0.05, 0) is 18.5 Å². The van der Waals surface area contributed by atoms with Crippen molar-refractivity contribution in [1.82, 2.24) is 4.90 Å². The van der Waals surface area contributed by atoms with Crippen LogP contribution in [0.2, 0.25) is 0 Å². The van der Waals surface area contributed by atoms with Gasteiger partial charge in [0.1, 0.15) is 10.9 Å². The fraction of sp³-hybridized carbons (Fsp3) is 0.500. The van der Waals surface area contributed by atoms with E-state index in [4.69, 9.17) is 11.0 Å². The summed E-state index contributed by atoms with van der Waals surface area (Å²) in [5.74, 6) is 0. The first-order valence-corrected chi connectivity index (χ1v) is 5.60. The molecular weight excluding hydrogens is 194 g/mol. The summed E-state index contributed by atoms with van der Waals surface area (Å²) in [5.41, 5.74) is 8.26. The number of nitriles is 1. The molecule has 0 aliphatic carbocycles. The lowest BCUT2D eigenvalue weighted by Crippen LogP contribution is -2.30. The van der Waals surface area contributed by atoms with Gasteiger partial charge in [0.15, 0.2) is 0 Å². The van der Waals surface area contributed by atoms with Crippen LogP contribution in [-0.4, -0.2) is 18.0 Å². The second-order valence-corrected chi connectivity index (χ2v) is 4.54. The van der Waals surface area contributed by atoms with Crippen LogP contribution in [-0.2, 0) is 13.0 Å². The summed E-state index contributed by atoms with van der Waals surface area (Å²) in [6, 6.07) is 2.23. The number of hydrogen-bond donors (Lipinski definition) is 1. The summed E-state index contributed by atoms with van der Waals surface area (Å²) in [7, 11) is 0. The molecule has 0 unspecified atom stereocenters. The molecule has 0 saturated heterocycles. The maximum absolute atomic E-state index is 8.95. The van der Waals surface area contributed by atoms with E-state index in [1.807, 2.05) is 0 Å². The topological polar surface area (TPSA) is 53.0 Å². The molecule has 0 bridgehead atoms. The summed E-state index contributed by atoms with van der Waals surface area (Å²) in [5, 5.41) is 9.79. The molecule has 2 N–H and O–H groups in total. The van der Waals surface area contributed by atoms with Crippen LogP contribution in [0.3, 0.4) is 0 Å². The number of likely N-dealkylation sites (N-methyl/N-ethyl adjacent to an activating group) is 1. The molecule has 4 heteroatoms. The minimum Gasteiger partial charge on any atom is -0.390 e. The third kappa shape index (κ3) is 1.39. The molecule has 0 aromatic carbocycles. The van der Waals surface area contributed by atoms with E-state index in [2.05, 4.69) is 17.9 Å². The molecule has 14 heavy (non-hydrogen) atoms. The fourth-order valence-electron chi connectivity index (χ4n) is 1.89. The molecule has 0 spiro atoms. The number of nitrogens with zero attached hydrogens (tertiary/aromatic N) is 2. The smallest absolute Gasteiger partial charge is 0.111 e. The summed E-state index contributed by atoms with van der Waals surface area (Å²) in [4.78, 5) is 3.14. The van der Waals surface area contributed by atoms with Crippen molar-refractivity contribution in [2.45, 2.75) is 19.9 Å². The predicted molar refractivity (Wildman–Crippen MR) is 58.1 cm³/mol. The predicted octanol–water partition coefficient (Wildman–Crippen LogP) is 1.58. The van der Waals surface area contributed by atoms with Crippen molar-refractivity contribution in [3.8, 4) is 6.07 Å². The van der Waals surface area contributed by atoms with E-state index in [0.717, 1.165) is 35.9 Å². The molecule has 2 heterocycles. The van der Waals surface area contributed by atoms with Crippen LogP contribution >= 0.6 is 11.3 Å². The van der Waals surface area contributed by atoms with E-state index < -0.39 is 0 Å². The molecule has 1 aromatic heterocycles. The first-order chi connectivity index (χ1) is 6.76. The van der Waals surface area contributed by atoms with Gasteiger partial charge in [0.25, 0.3) is 0 Å². The molecule has 0 atom stereocenters. The summed E-state index contributed by atoms with van der Waals surface area (Å²) >= 11 is 1.43. The van der Waals surface area contributed by atoms with Crippen LogP contribution in [0.15, 0.2) is 0 Å². The zero-order valence-corrected chi connectivity index (χ0v) is 9.02. The van der Waals surface area contributed by atoms with Gasteiger partial charge in [-0.1, -0.05) is 6.92 Å². The van der Waals surface area contributed by atoms with Gasteiger partial charge in [-0.25, -0.2) is 0 Å². The molecule has 2 rings (SSSR count). The SMILES string of the molecule is CCN1CCc2c(N)sc(C#N)c2C1. The minimum atomic E-state index is 0.802. The second kappa shape index (κ2) is 3.60. The Bertz CT molecular complexity index is 389. The lowest BCUT2D eigenvalue weighted by molar-refractivity contribution is 0.269. The number of rotatable bonds is 1. The van der Waals surface area contributed by atoms with Gasteiger partial charge in [0.05, 0.1) is 5.00 Å². The number of hydrogen-bond acceptors (Lipinski definition) is 4. The average Bonchev–Trinajstić information content (AvgIpc) is 2.55. The molecule has 1 aliphatic rings. The summed E-state index contributed by atoms with van der Waals surface area (Å²) in [6.45, 7) is 5.14. The minimum absolute atomic E-state index is 0.802. The molecule has 1 aromatic rings. The first kappa shape index (κ1) is 9.50. The highest BCUT2D eigenvalue weighted by Gasteiger charge is 2.22. The Hall–Kier alpha value is -1.05. The molecule has 74 valence electrons. The zero-order chi connectivity index (χ0) is 10.1. The Labute approximate surface area is 87.7 Å². The van der Waals surface area contributed by atoms with Crippen molar-refractivity contribution in [1.29, 1.82) is 5.26 Å². The molecule has 0 saturated carbocycles. The van der Waals surface area contributed by atoms with E-state index in [1.165, 1.54) is 22.5 Å². The number of nitrogen functional groups attached to an aromatic ring is 1. The van der Waals surface area contributed by atoms with Crippen molar-refractivity contribution in [2.75, 3.05) is 18.8 Å². The Morgan fingerprint density at radius 1 is 1.57 bits per heavy atom. The van der Waals surface area contributed by atoms with Crippen LogP contribution in [0.1, 0.15) is 22.9 Å². The largest absolute Gasteiger partial charge is 0.390 e. The van der Waals surface area contributed by atoms with Gasteiger partial charge in [0, 0.05) is 18.7 Å². The Morgan fingerprint density at radius 3 is 3.00 bits per heavy atom. The van der Waals surface area contributed by atoms with E-state index >= 15 is 0 Å². The van der Waals surface area contributed by atoms with E-state index in [0.29, 0.717) is 0 Å². The zero-order valence-electron chi connectivity index (χ0n) is 8.21. The monoisotopic (exact) mass is 207 g/mol. The van der Waals surface area contributed by atoms with Crippen molar-refractivity contribution in [3.05, 3.63) is 16.0 Å². The third-order valence-electron chi connectivity index (χ3n) is 2.76. The van der Waals surface area contributed by atoms with Gasteiger partial charge in [-0.2, -0.15) is 5.26 Å². The number of thiophene rings is 1. The van der Waals surface area contributed by atoms with Gasteiger partial charge in [-0.3, -0.25) is 4.90 Å². The van der Waals surface area contributed by atoms with Gasteiger partial charge >= 0.3 is 0 Å². The maximum atomic E-state index is 8.95. The second-order valence-electron chi connectivity index (χ2n) is 3.48. The quantitative estimate of drug-likeness (QED) is 0.760. The lowest BCUT2D eigenvalue weighted by atomic mass is 10.0. The van der Waals surface area contributed by atoms with E-state index in [-0.39, 0.29) is 0 Å². The fourth-order valence-corrected chi connectivity index (χ4v) is 2.82. The third-order valence-corrected chi connectivity index (χ3v) is 3.76. The standard InChI is InChI=1S/C10H13N3S/c1-2-13-4-3-7-8(6-13)9(5-11)14-10(7)12/h2-4,6,12H2,1H3. The lowest BCUT2D eigenvalue weighted by Gasteiger charge is -2.25. The Kier molecular flexibility index (Phi) is 2.44. The summed E-state index contributed by atoms with van der Waals surface area (Å²) < 4.78 is 0. The Morgan fingerprint density at radius 2 is 2.36 bits per heavy atom. The van der Waals surface area contributed by atoms with Crippen molar-refractivity contribution >= 4 is 16.3 Å². The Balaban J connectivity index is 2.40. The highest BCUT2D eigenvalue weighted by atomic mass is 32.1. The van der Waals surface area contributed by atoms with Crippen molar-refractivity contribution in [2.24, 2.45) is 0 Å². The van der Waals surface area contributed by atoms with Crippen LogP contribution in [0.5, 0.6) is 0 Å². The normalized spacial score (nSPS) is 16.3. The highest BCUT2D eigenvalue weighted by molar-refractivity contribution is 7.16.